The number of hydrogen-bond acceptors (Lipinski definition) is 3. The van der Waals surface area contributed by atoms with Crippen LogP contribution in [0.1, 0.15) is 49.8 Å². The van der Waals surface area contributed by atoms with Crippen molar-refractivity contribution in [2.24, 2.45) is 0 Å². The zero-order chi connectivity index (χ0) is 26.5. The topological polar surface area (TPSA) is 40.6 Å². The number of fused-ring (bicyclic) bond motifs is 1. The highest BCUT2D eigenvalue weighted by Gasteiger charge is 2.27. The molecule has 1 aliphatic heterocycles. The van der Waals surface area contributed by atoms with Crippen LogP contribution >= 0.6 is 0 Å². The van der Waals surface area contributed by atoms with Crippen LogP contribution in [0.5, 0.6) is 0 Å². The fraction of sp³-hybridized carbons (Fsp3) is 0.235. The van der Waals surface area contributed by atoms with Crippen molar-refractivity contribution in [2.75, 3.05) is 4.90 Å². The average molecular weight is 498 g/mol. The van der Waals surface area contributed by atoms with Crippen LogP contribution in [0.15, 0.2) is 102 Å². The maximum Gasteiger partial charge on any atom is 0.265 e. The third-order valence-electron chi connectivity index (χ3n) is 7.07. The smallest absolute Gasteiger partial charge is 0.265 e. The van der Waals surface area contributed by atoms with Gasteiger partial charge in [0.25, 0.3) is 5.70 Å². The Morgan fingerprint density at radius 3 is 2.42 bits per heavy atom. The van der Waals surface area contributed by atoms with Gasteiger partial charge >= 0.3 is 0 Å². The molecule has 0 spiro atoms. The van der Waals surface area contributed by atoms with Crippen LogP contribution < -0.4 is 4.90 Å². The molecule has 0 atom stereocenters. The lowest BCUT2D eigenvalue weighted by Crippen LogP contribution is -2.27. The van der Waals surface area contributed by atoms with Gasteiger partial charge in [0, 0.05) is 23.5 Å². The zero-order valence-corrected chi connectivity index (χ0v) is 21.9. The summed E-state index contributed by atoms with van der Waals surface area (Å²) in [6.07, 6.45) is 11.0. The number of nitriles is 1. The Labute approximate surface area is 225 Å². The van der Waals surface area contributed by atoms with Crippen molar-refractivity contribution >= 4 is 23.1 Å². The highest BCUT2D eigenvalue weighted by Crippen LogP contribution is 2.40. The molecule has 0 amide bonds. The number of benzene rings is 3. The molecule has 4 nitrogen and oxygen atoms in total. The predicted molar refractivity (Wildman–Crippen MR) is 154 cm³/mol. The van der Waals surface area contributed by atoms with Crippen LogP contribution in [-0.4, -0.2) is 5.60 Å². The third-order valence-corrected chi connectivity index (χ3v) is 7.07. The number of allylic oxidation sites excluding steroid dienone is 3. The van der Waals surface area contributed by atoms with Crippen LogP contribution in [0.3, 0.4) is 0 Å². The molecule has 0 N–H and O–H groups in total. The molecule has 0 radical (unpaired) electrons. The largest absolute Gasteiger partial charge is 0.488 e. The van der Waals surface area contributed by atoms with Crippen molar-refractivity contribution in [3.63, 3.8) is 0 Å². The summed E-state index contributed by atoms with van der Waals surface area (Å²) in [5, 5.41) is 9.33. The number of nitrogens with zero attached hydrogens (tertiary/aromatic N) is 3. The van der Waals surface area contributed by atoms with Crippen molar-refractivity contribution < 1.29 is 4.74 Å². The fourth-order valence-corrected chi connectivity index (χ4v) is 5.36. The van der Waals surface area contributed by atoms with Gasteiger partial charge in [0.05, 0.1) is 12.6 Å². The molecule has 3 aromatic rings. The van der Waals surface area contributed by atoms with Crippen molar-refractivity contribution in [1.29, 1.82) is 5.26 Å². The maximum atomic E-state index is 9.33. The van der Waals surface area contributed by atoms with Crippen molar-refractivity contribution in [3.8, 4) is 6.07 Å². The van der Waals surface area contributed by atoms with Crippen LogP contribution in [0, 0.1) is 17.9 Å². The zero-order valence-electron chi connectivity index (χ0n) is 21.9. The molecule has 4 heteroatoms. The second-order valence-electron chi connectivity index (χ2n) is 10.4. The van der Waals surface area contributed by atoms with Gasteiger partial charge in [-0.05, 0) is 104 Å². The van der Waals surface area contributed by atoms with Gasteiger partial charge in [-0.15, -0.1) is 0 Å². The van der Waals surface area contributed by atoms with E-state index in [4.69, 9.17) is 11.3 Å². The first-order valence-electron chi connectivity index (χ1n) is 13.1. The van der Waals surface area contributed by atoms with E-state index in [1.807, 2.05) is 38.1 Å². The van der Waals surface area contributed by atoms with E-state index in [-0.39, 0.29) is 5.70 Å². The molecule has 3 aromatic carbocycles. The Bertz CT molecular complexity index is 1480. The highest BCUT2D eigenvalue weighted by atomic mass is 16.5. The van der Waals surface area contributed by atoms with E-state index in [1.165, 1.54) is 29.7 Å². The normalized spacial score (nSPS) is 17.4. The highest BCUT2D eigenvalue weighted by molar-refractivity contribution is 5.79. The Balaban J connectivity index is 1.47. The first-order valence-corrected chi connectivity index (χ1v) is 13.1. The van der Waals surface area contributed by atoms with E-state index in [0.29, 0.717) is 12.2 Å². The Hall–Kier alpha value is -4.54. The monoisotopic (exact) mass is 497 g/mol. The van der Waals surface area contributed by atoms with Gasteiger partial charge in [0.15, 0.2) is 0 Å². The molecule has 0 saturated heterocycles. The molecule has 0 saturated carbocycles. The summed E-state index contributed by atoms with van der Waals surface area (Å²) in [5.41, 5.74) is 7.84. The number of ether oxygens (including phenoxy) is 1. The molecule has 0 fully saturated rings. The molecule has 38 heavy (non-hydrogen) atoms. The maximum absolute atomic E-state index is 9.33. The van der Waals surface area contributed by atoms with Gasteiger partial charge in [-0.3, -0.25) is 0 Å². The fourth-order valence-electron chi connectivity index (χ4n) is 5.36. The van der Waals surface area contributed by atoms with Crippen molar-refractivity contribution in [3.05, 3.63) is 130 Å². The molecule has 188 valence electrons. The molecule has 1 heterocycles. The summed E-state index contributed by atoms with van der Waals surface area (Å²) in [6, 6.07) is 27.8. The van der Waals surface area contributed by atoms with E-state index in [0.717, 1.165) is 35.4 Å². The molecule has 0 bridgehead atoms. The lowest BCUT2D eigenvalue weighted by atomic mass is 9.90. The van der Waals surface area contributed by atoms with E-state index >= 15 is 0 Å². The van der Waals surface area contributed by atoms with Gasteiger partial charge in [0.1, 0.15) is 11.4 Å². The summed E-state index contributed by atoms with van der Waals surface area (Å²) in [7, 11) is 0. The van der Waals surface area contributed by atoms with Crippen LogP contribution in [0.2, 0.25) is 0 Å². The van der Waals surface area contributed by atoms with E-state index < -0.39 is 5.60 Å². The van der Waals surface area contributed by atoms with Gasteiger partial charge < -0.3 is 9.64 Å². The quantitative estimate of drug-likeness (QED) is 0.261. The molecular formula is C34H31N3O. The Morgan fingerprint density at radius 1 is 0.947 bits per heavy atom. The number of anilines is 3. The molecular weight excluding hydrogens is 466 g/mol. The Morgan fingerprint density at radius 2 is 1.68 bits per heavy atom. The molecule has 2 aliphatic rings. The predicted octanol–water partition coefficient (Wildman–Crippen LogP) is 8.83. The van der Waals surface area contributed by atoms with Gasteiger partial charge in [-0.25, -0.2) is 10.1 Å². The van der Waals surface area contributed by atoms with Crippen molar-refractivity contribution in [2.45, 2.75) is 51.6 Å². The summed E-state index contributed by atoms with van der Waals surface area (Å²) in [5.74, 6) is 0.651. The standard InChI is InChI=1S/C34H31N3O/c1-34(2)23-27(32(24-35)36-3)22-30(38-34)21-18-25-16-19-29(20-17-25)37(28-12-5-4-6-13-28)33-15-9-11-26-10-7-8-14-31(26)33/h4-6,9,11-13,15-22H,7-8,10,14,23H2,1-2H3/b21-18+,32-27+. The minimum absolute atomic E-state index is 0.126. The van der Waals surface area contributed by atoms with E-state index in [2.05, 4.69) is 82.5 Å². The second-order valence-corrected chi connectivity index (χ2v) is 10.4. The first kappa shape index (κ1) is 25.1. The van der Waals surface area contributed by atoms with Crippen LogP contribution in [0.25, 0.3) is 10.9 Å². The number of para-hydroxylation sites is 1. The summed E-state index contributed by atoms with van der Waals surface area (Å²) in [4.78, 5) is 5.75. The Kier molecular flexibility index (Phi) is 7.16. The minimum atomic E-state index is -0.481. The summed E-state index contributed by atoms with van der Waals surface area (Å²) in [6.45, 7) is 11.3. The SMILES string of the molecule is [C-]#[N+]/C(C#N)=C1C=C(/C=C/c2ccc(N(c3ccccc3)c3cccc4c3CCCC4)cc2)OC(C)(C)C\1. The van der Waals surface area contributed by atoms with E-state index in [9.17, 15) is 5.26 Å². The second kappa shape index (κ2) is 10.8. The summed E-state index contributed by atoms with van der Waals surface area (Å²) < 4.78 is 6.11. The first-order chi connectivity index (χ1) is 18.5. The van der Waals surface area contributed by atoms with Gasteiger partial charge in [0.2, 0.25) is 0 Å². The molecule has 0 unspecified atom stereocenters. The minimum Gasteiger partial charge on any atom is -0.488 e. The molecule has 0 aromatic heterocycles. The van der Waals surface area contributed by atoms with Crippen LogP contribution in [0.4, 0.5) is 17.1 Å². The van der Waals surface area contributed by atoms with Crippen LogP contribution in [-0.2, 0) is 17.6 Å². The molecule has 1 aliphatic carbocycles. The number of hydrogen-bond donors (Lipinski definition) is 0. The molecule has 5 rings (SSSR count). The van der Waals surface area contributed by atoms with Gasteiger partial charge in [-0.1, -0.05) is 48.5 Å². The lowest BCUT2D eigenvalue weighted by molar-refractivity contribution is 0.0356. The number of aryl methyl sites for hydroxylation is 1. The average Bonchev–Trinajstić information content (AvgIpc) is 2.93. The summed E-state index contributed by atoms with van der Waals surface area (Å²) >= 11 is 0. The van der Waals surface area contributed by atoms with E-state index in [1.54, 1.807) is 0 Å². The van der Waals surface area contributed by atoms with Gasteiger partial charge in [-0.2, -0.15) is 0 Å². The third kappa shape index (κ3) is 5.41. The van der Waals surface area contributed by atoms with Crippen molar-refractivity contribution in [1.82, 2.24) is 0 Å². The lowest BCUT2D eigenvalue weighted by Gasteiger charge is -2.32. The number of rotatable bonds is 5.